The van der Waals surface area contributed by atoms with E-state index in [-0.39, 0.29) is 6.04 Å². The van der Waals surface area contributed by atoms with Gasteiger partial charge in [-0.3, -0.25) is 0 Å². The van der Waals surface area contributed by atoms with Crippen LogP contribution in [0, 0.1) is 5.53 Å². The maximum Gasteiger partial charge on any atom is 0.0705 e. The third kappa shape index (κ3) is 5.98. The van der Waals surface area contributed by atoms with Crippen molar-refractivity contribution in [3.63, 3.8) is 0 Å². The lowest BCUT2D eigenvalue weighted by molar-refractivity contribution is 0.506. The standard InChI is InChI=1S/C8H19N3/c1-2-5-8(11-10)6-3-4-7-9/h8,10H,2-7,9H2,1H3. The van der Waals surface area contributed by atoms with E-state index >= 15 is 0 Å². The number of nitrogens with one attached hydrogen (secondary N) is 1. The molecule has 1 atom stereocenters. The zero-order chi connectivity index (χ0) is 8.53. The van der Waals surface area contributed by atoms with Crippen molar-refractivity contribution in [2.24, 2.45) is 10.8 Å². The number of hydrogen-bond acceptors (Lipinski definition) is 3. The van der Waals surface area contributed by atoms with E-state index in [0.717, 1.165) is 38.6 Å². The van der Waals surface area contributed by atoms with E-state index < -0.39 is 0 Å². The van der Waals surface area contributed by atoms with Gasteiger partial charge in [-0.1, -0.05) is 19.8 Å². The zero-order valence-electron chi connectivity index (χ0n) is 7.34. The molecule has 0 aromatic heterocycles. The molecule has 1 unspecified atom stereocenters. The highest BCUT2D eigenvalue weighted by Gasteiger charge is 2.03. The second kappa shape index (κ2) is 7.66. The fourth-order valence-corrected chi connectivity index (χ4v) is 1.13. The third-order valence-electron chi connectivity index (χ3n) is 1.80. The van der Waals surface area contributed by atoms with Crippen molar-refractivity contribution >= 4 is 0 Å². The molecule has 66 valence electrons. The quantitative estimate of drug-likeness (QED) is 0.432. The predicted molar refractivity (Wildman–Crippen MR) is 46.7 cm³/mol. The third-order valence-corrected chi connectivity index (χ3v) is 1.80. The molecule has 11 heavy (non-hydrogen) atoms. The van der Waals surface area contributed by atoms with Gasteiger partial charge in [0.05, 0.1) is 6.04 Å². The molecule has 0 aliphatic rings. The summed E-state index contributed by atoms with van der Waals surface area (Å²) in [5, 5.41) is 3.56. The van der Waals surface area contributed by atoms with E-state index in [4.69, 9.17) is 11.3 Å². The van der Waals surface area contributed by atoms with Crippen molar-refractivity contribution in [2.45, 2.75) is 45.1 Å². The molecule has 0 rings (SSSR count). The Kier molecular flexibility index (Phi) is 7.36. The molecular weight excluding hydrogens is 138 g/mol. The van der Waals surface area contributed by atoms with Crippen molar-refractivity contribution in [1.29, 1.82) is 5.53 Å². The first-order valence-corrected chi connectivity index (χ1v) is 4.41. The van der Waals surface area contributed by atoms with Crippen LogP contribution in [0.5, 0.6) is 0 Å². The second-order valence-electron chi connectivity index (χ2n) is 2.86. The van der Waals surface area contributed by atoms with E-state index in [1.54, 1.807) is 0 Å². The highest BCUT2D eigenvalue weighted by molar-refractivity contribution is 4.62. The van der Waals surface area contributed by atoms with Crippen molar-refractivity contribution < 1.29 is 0 Å². The number of hydrogen-bond donors (Lipinski definition) is 2. The predicted octanol–water partition coefficient (Wildman–Crippen LogP) is 2.32. The van der Waals surface area contributed by atoms with Gasteiger partial charge in [0.15, 0.2) is 0 Å². The van der Waals surface area contributed by atoms with E-state index in [1.165, 1.54) is 0 Å². The van der Waals surface area contributed by atoms with Gasteiger partial charge in [0.2, 0.25) is 0 Å². The van der Waals surface area contributed by atoms with Gasteiger partial charge >= 0.3 is 0 Å². The fraction of sp³-hybridized carbons (Fsp3) is 1.00. The summed E-state index contributed by atoms with van der Waals surface area (Å²) in [5.74, 6) is 0. The van der Waals surface area contributed by atoms with Crippen molar-refractivity contribution in [3.05, 3.63) is 0 Å². The van der Waals surface area contributed by atoms with E-state index in [0.29, 0.717) is 0 Å². The van der Waals surface area contributed by atoms with Crippen LogP contribution in [0.15, 0.2) is 5.11 Å². The molecule has 0 fully saturated rings. The molecule has 0 aromatic rings. The molecule has 0 heterocycles. The number of nitrogens with zero attached hydrogens (tertiary/aromatic N) is 1. The summed E-state index contributed by atoms with van der Waals surface area (Å²) in [6.45, 7) is 2.89. The average molecular weight is 157 g/mol. The van der Waals surface area contributed by atoms with Crippen molar-refractivity contribution in [2.75, 3.05) is 6.54 Å². The van der Waals surface area contributed by atoms with Gasteiger partial charge in [0, 0.05) is 0 Å². The van der Waals surface area contributed by atoms with Gasteiger partial charge in [-0.25, -0.2) is 5.53 Å². The van der Waals surface area contributed by atoms with E-state index in [1.807, 2.05) is 0 Å². The largest absolute Gasteiger partial charge is 0.330 e. The van der Waals surface area contributed by atoms with Crippen LogP contribution in [0.3, 0.4) is 0 Å². The summed E-state index contributed by atoms with van der Waals surface area (Å²) in [6.07, 6.45) is 5.39. The van der Waals surface area contributed by atoms with Gasteiger partial charge in [0.25, 0.3) is 0 Å². The molecule has 3 N–H and O–H groups in total. The molecule has 0 saturated heterocycles. The maximum atomic E-state index is 6.89. The minimum Gasteiger partial charge on any atom is -0.330 e. The van der Waals surface area contributed by atoms with Gasteiger partial charge < -0.3 is 5.73 Å². The maximum absolute atomic E-state index is 6.89. The van der Waals surface area contributed by atoms with Crippen molar-refractivity contribution in [1.82, 2.24) is 0 Å². The summed E-state index contributed by atoms with van der Waals surface area (Å²) < 4.78 is 0. The Morgan fingerprint density at radius 3 is 2.55 bits per heavy atom. The van der Waals surface area contributed by atoms with Gasteiger partial charge in [-0.15, -0.1) is 0 Å². The van der Waals surface area contributed by atoms with Crippen LogP contribution in [0.2, 0.25) is 0 Å². The lowest BCUT2D eigenvalue weighted by atomic mass is 10.1. The Balaban J connectivity index is 3.28. The van der Waals surface area contributed by atoms with Gasteiger partial charge in [-0.05, 0) is 25.8 Å². The molecule has 0 saturated carbocycles. The topological polar surface area (TPSA) is 62.2 Å². The molecule has 0 bridgehead atoms. The molecular formula is C8H19N3. The van der Waals surface area contributed by atoms with E-state index in [9.17, 15) is 0 Å². The summed E-state index contributed by atoms with van der Waals surface area (Å²) in [4.78, 5) is 0. The minimum atomic E-state index is 0.256. The summed E-state index contributed by atoms with van der Waals surface area (Å²) >= 11 is 0. The van der Waals surface area contributed by atoms with E-state index in [2.05, 4.69) is 12.0 Å². The Labute approximate surface area is 68.9 Å². The highest BCUT2D eigenvalue weighted by Crippen LogP contribution is 2.09. The molecule has 0 aliphatic carbocycles. The Hall–Kier alpha value is -0.440. The fourth-order valence-electron chi connectivity index (χ4n) is 1.13. The Morgan fingerprint density at radius 1 is 1.36 bits per heavy atom. The number of rotatable bonds is 7. The van der Waals surface area contributed by atoms with Crippen LogP contribution in [-0.2, 0) is 0 Å². The first kappa shape index (κ1) is 10.6. The molecule has 0 spiro atoms. The SMILES string of the molecule is CCCC(CCCCN)N=N. The van der Waals surface area contributed by atoms with Crippen LogP contribution in [0.1, 0.15) is 39.0 Å². The van der Waals surface area contributed by atoms with Crippen LogP contribution in [0.25, 0.3) is 0 Å². The number of nitrogens with two attached hydrogens (primary N) is 1. The van der Waals surface area contributed by atoms with Crippen molar-refractivity contribution in [3.8, 4) is 0 Å². The molecule has 3 heteroatoms. The molecule has 0 aromatic carbocycles. The Bertz CT molecular complexity index is 93.3. The smallest absolute Gasteiger partial charge is 0.0705 e. The highest BCUT2D eigenvalue weighted by atomic mass is 15.0. The van der Waals surface area contributed by atoms with Crippen LogP contribution in [-0.4, -0.2) is 12.6 Å². The van der Waals surface area contributed by atoms with Gasteiger partial charge in [0.1, 0.15) is 0 Å². The zero-order valence-corrected chi connectivity index (χ0v) is 7.34. The number of unbranched alkanes of at least 4 members (excludes halogenated alkanes) is 1. The summed E-state index contributed by atoms with van der Waals surface area (Å²) in [7, 11) is 0. The average Bonchev–Trinajstić information content (AvgIpc) is 2.03. The second-order valence-corrected chi connectivity index (χ2v) is 2.86. The lowest BCUT2D eigenvalue weighted by Crippen LogP contribution is -2.05. The normalized spacial score (nSPS) is 12.9. The Morgan fingerprint density at radius 2 is 2.09 bits per heavy atom. The molecule has 0 amide bonds. The van der Waals surface area contributed by atoms with Crippen LogP contribution < -0.4 is 5.73 Å². The van der Waals surface area contributed by atoms with Crippen LogP contribution >= 0.6 is 0 Å². The summed E-state index contributed by atoms with van der Waals surface area (Å²) in [6, 6.07) is 0.256. The van der Waals surface area contributed by atoms with Crippen LogP contribution in [0.4, 0.5) is 0 Å². The summed E-state index contributed by atoms with van der Waals surface area (Å²) in [5.41, 5.74) is 12.2. The first-order valence-electron chi connectivity index (χ1n) is 4.41. The molecule has 0 aliphatic heterocycles. The van der Waals surface area contributed by atoms with Gasteiger partial charge in [-0.2, -0.15) is 5.11 Å². The minimum absolute atomic E-state index is 0.256. The monoisotopic (exact) mass is 157 g/mol. The lowest BCUT2D eigenvalue weighted by Gasteiger charge is -2.07. The molecule has 3 nitrogen and oxygen atoms in total. The molecule has 0 radical (unpaired) electrons. The first-order chi connectivity index (χ1) is 5.35.